The van der Waals surface area contributed by atoms with Crippen LogP contribution in [-0.4, -0.2) is 64.5 Å². The highest BCUT2D eigenvalue weighted by atomic mass is 32.1. The topological polar surface area (TPSA) is 98.4 Å². The number of benzene rings is 1. The van der Waals surface area contributed by atoms with Crippen molar-refractivity contribution in [2.24, 2.45) is 5.92 Å². The average Bonchev–Trinajstić information content (AvgIpc) is 3.38. The fraction of sp³-hybridized carbons (Fsp3) is 0.522. The molecule has 33 heavy (non-hydrogen) atoms. The Morgan fingerprint density at radius 1 is 1.21 bits per heavy atom. The minimum Gasteiger partial charge on any atom is -0.493 e. The van der Waals surface area contributed by atoms with Crippen LogP contribution in [0.5, 0.6) is 17.4 Å². The third-order valence-corrected chi connectivity index (χ3v) is 7.12. The summed E-state index contributed by atoms with van der Waals surface area (Å²) in [6.45, 7) is 5.58. The van der Waals surface area contributed by atoms with Crippen LogP contribution in [0, 0.1) is 5.92 Å². The van der Waals surface area contributed by atoms with Crippen LogP contribution in [0.2, 0.25) is 0 Å². The summed E-state index contributed by atoms with van der Waals surface area (Å²) in [5.41, 5.74) is 0.956. The van der Waals surface area contributed by atoms with E-state index in [9.17, 15) is 9.90 Å². The summed E-state index contributed by atoms with van der Waals surface area (Å²) in [5, 5.41) is 15.5. The third-order valence-electron chi connectivity index (χ3n) is 6.05. The summed E-state index contributed by atoms with van der Waals surface area (Å²) >= 11 is 1.43. The van der Waals surface area contributed by atoms with Crippen molar-refractivity contribution in [1.29, 1.82) is 0 Å². The number of carbonyl (C=O) groups is 1. The molecule has 0 bridgehead atoms. The lowest BCUT2D eigenvalue weighted by molar-refractivity contribution is -0.149. The largest absolute Gasteiger partial charge is 0.493 e. The van der Waals surface area contributed by atoms with E-state index >= 15 is 0 Å². The van der Waals surface area contributed by atoms with Crippen LogP contribution in [0.3, 0.4) is 0 Å². The van der Waals surface area contributed by atoms with Crippen molar-refractivity contribution in [3.63, 3.8) is 0 Å². The number of esters is 1. The van der Waals surface area contributed by atoms with Gasteiger partial charge in [-0.25, -0.2) is 4.98 Å². The Balaban J connectivity index is 1.72. The number of likely N-dealkylation sites (tertiary alicyclic amines) is 1. The molecule has 0 spiro atoms. The van der Waals surface area contributed by atoms with Crippen molar-refractivity contribution in [3.05, 3.63) is 34.5 Å². The lowest BCUT2D eigenvalue weighted by Gasteiger charge is -2.36. The maximum atomic E-state index is 12.2. The second kappa shape index (κ2) is 9.96. The van der Waals surface area contributed by atoms with Gasteiger partial charge in [0.25, 0.3) is 0 Å². The van der Waals surface area contributed by atoms with Crippen LogP contribution in [0.1, 0.15) is 49.0 Å². The average molecular weight is 475 g/mol. The van der Waals surface area contributed by atoms with Crippen molar-refractivity contribution in [3.8, 4) is 17.4 Å². The Labute approximate surface area is 196 Å². The van der Waals surface area contributed by atoms with Gasteiger partial charge in [-0.2, -0.15) is 4.52 Å². The van der Waals surface area contributed by atoms with Gasteiger partial charge < -0.3 is 19.3 Å². The molecule has 10 heteroatoms. The molecule has 1 fully saturated rings. The van der Waals surface area contributed by atoms with Crippen LogP contribution in [0.25, 0.3) is 4.96 Å². The lowest BCUT2D eigenvalue weighted by Crippen LogP contribution is -2.39. The summed E-state index contributed by atoms with van der Waals surface area (Å²) in [7, 11) is 3.21. The predicted molar refractivity (Wildman–Crippen MR) is 124 cm³/mol. The molecule has 9 nitrogen and oxygen atoms in total. The number of hydrogen-bond donors (Lipinski definition) is 1. The van der Waals surface area contributed by atoms with E-state index < -0.39 is 0 Å². The molecule has 0 aliphatic carbocycles. The van der Waals surface area contributed by atoms with Crippen molar-refractivity contribution >= 4 is 22.3 Å². The fourth-order valence-electron chi connectivity index (χ4n) is 4.32. The second-order valence-corrected chi connectivity index (χ2v) is 8.95. The number of rotatable bonds is 8. The van der Waals surface area contributed by atoms with Gasteiger partial charge in [0.2, 0.25) is 10.8 Å². The van der Waals surface area contributed by atoms with Crippen LogP contribution >= 0.6 is 11.3 Å². The van der Waals surface area contributed by atoms with E-state index in [1.807, 2.05) is 32.0 Å². The van der Waals surface area contributed by atoms with E-state index in [-0.39, 0.29) is 23.8 Å². The van der Waals surface area contributed by atoms with E-state index in [1.54, 1.807) is 14.2 Å². The molecule has 1 aliphatic heterocycles. The first-order valence-corrected chi connectivity index (χ1v) is 12.0. The molecular weight excluding hydrogens is 444 g/mol. The van der Waals surface area contributed by atoms with Gasteiger partial charge in [0.05, 0.1) is 37.7 Å². The van der Waals surface area contributed by atoms with E-state index in [0.29, 0.717) is 61.2 Å². The van der Waals surface area contributed by atoms with Crippen molar-refractivity contribution in [1.82, 2.24) is 19.5 Å². The van der Waals surface area contributed by atoms with Gasteiger partial charge in [-0.1, -0.05) is 24.3 Å². The molecule has 3 heterocycles. The maximum Gasteiger partial charge on any atom is 0.309 e. The Morgan fingerprint density at radius 3 is 2.55 bits per heavy atom. The number of aromatic hydroxyl groups is 1. The Morgan fingerprint density at radius 2 is 1.94 bits per heavy atom. The zero-order valence-corrected chi connectivity index (χ0v) is 20.2. The molecular formula is C23H30N4O5S. The fourth-order valence-corrected chi connectivity index (χ4v) is 5.46. The molecule has 0 amide bonds. The van der Waals surface area contributed by atoms with Crippen LogP contribution in [0.4, 0.5) is 0 Å². The van der Waals surface area contributed by atoms with Gasteiger partial charge in [-0.15, -0.1) is 5.10 Å². The molecule has 4 rings (SSSR count). The van der Waals surface area contributed by atoms with Gasteiger partial charge >= 0.3 is 5.97 Å². The lowest BCUT2D eigenvalue weighted by atomic mass is 9.93. The van der Waals surface area contributed by atoms with E-state index in [1.165, 1.54) is 15.9 Å². The van der Waals surface area contributed by atoms with E-state index in [4.69, 9.17) is 14.2 Å². The summed E-state index contributed by atoms with van der Waals surface area (Å²) < 4.78 is 17.7. The van der Waals surface area contributed by atoms with Gasteiger partial charge in [0.1, 0.15) is 0 Å². The molecule has 0 saturated carbocycles. The monoisotopic (exact) mass is 474 g/mol. The zero-order valence-electron chi connectivity index (χ0n) is 19.4. The van der Waals surface area contributed by atoms with Crippen molar-refractivity contribution in [2.75, 3.05) is 33.9 Å². The summed E-state index contributed by atoms with van der Waals surface area (Å²) in [4.78, 5) is 20.5. The number of hydrogen-bond acceptors (Lipinski definition) is 9. The molecule has 3 aromatic rings. The predicted octanol–water partition coefficient (Wildman–Crippen LogP) is 3.44. The number of nitrogens with zero attached hydrogens (tertiary/aromatic N) is 4. The molecule has 1 atom stereocenters. The Hall–Kier alpha value is -2.85. The number of carbonyl (C=O) groups excluding carboxylic acids is 1. The van der Waals surface area contributed by atoms with Crippen molar-refractivity contribution < 1.29 is 24.1 Å². The summed E-state index contributed by atoms with van der Waals surface area (Å²) in [5.74, 6) is 1.81. The van der Waals surface area contributed by atoms with Crippen molar-refractivity contribution in [2.45, 2.75) is 39.2 Å². The SMILES string of the molecule is CCOC(=O)C1CCN([C@H](c2ccc(OC)c(OC)c2)c2sc3nc(CC)nn3c2O)CC1. The smallest absolute Gasteiger partial charge is 0.309 e. The number of ether oxygens (including phenoxy) is 3. The highest BCUT2D eigenvalue weighted by Crippen LogP contribution is 2.43. The first-order chi connectivity index (χ1) is 16.0. The van der Waals surface area contributed by atoms with Crippen LogP contribution in [0.15, 0.2) is 18.2 Å². The minimum absolute atomic E-state index is 0.0921. The second-order valence-electron chi connectivity index (χ2n) is 7.95. The molecule has 1 N–H and O–H groups in total. The zero-order chi connectivity index (χ0) is 23.5. The Kier molecular flexibility index (Phi) is 7.04. The maximum absolute atomic E-state index is 12.2. The summed E-state index contributed by atoms with van der Waals surface area (Å²) in [6, 6.07) is 5.55. The first kappa shape index (κ1) is 23.3. The number of piperidine rings is 1. The molecule has 178 valence electrons. The Bertz CT molecular complexity index is 1120. The molecule has 2 aromatic heterocycles. The van der Waals surface area contributed by atoms with Gasteiger partial charge in [-0.3, -0.25) is 9.69 Å². The number of fused-ring (bicyclic) bond motifs is 1. The molecule has 0 unspecified atom stereocenters. The quantitative estimate of drug-likeness (QED) is 0.496. The van der Waals surface area contributed by atoms with E-state index in [2.05, 4.69) is 15.0 Å². The van der Waals surface area contributed by atoms with Gasteiger partial charge in [0, 0.05) is 6.42 Å². The highest BCUT2D eigenvalue weighted by molar-refractivity contribution is 7.17. The standard InChI is InChI=1S/C23H30N4O5S/c1-5-18-24-23-27(25-18)21(28)20(33-23)19(15-7-8-16(30-3)17(13-15)31-4)26-11-9-14(10-12-26)22(29)32-6-2/h7-8,13-14,19,28H,5-6,9-12H2,1-4H3/t19-/m1/s1. The molecule has 1 aliphatic rings. The molecule has 0 radical (unpaired) electrons. The normalized spacial score (nSPS) is 16.1. The first-order valence-electron chi connectivity index (χ1n) is 11.2. The third kappa shape index (κ3) is 4.49. The summed E-state index contributed by atoms with van der Waals surface area (Å²) in [6.07, 6.45) is 2.10. The minimum atomic E-state index is -0.244. The van der Waals surface area contributed by atoms with Gasteiger partial charge in [0.15, 0.2) is 17.3 Å². The highest BCUT2D eigenvalue weighted by Gasteiger charge is 2.34. The van der Waals surface area contributed by atoms with Crippen LogP contribution in [-0.2, 0) is 16.0 Å². The molecule has 1 saturated heterocycles. The number of thiazole rings is 1. The van der Waals surface area contributed by atoms with Crippen LogP contribution < -0.4 is 9.47 Å². The number of aromatic nitrogens is 3. The number of methoxy groups -OCH3 is 2. The van der Waals surface area contributed by atoms with Gasteiger partial charge in [-0.05, 0) is 50.6 Å². The molecule has 1 aromatic carbocycles. The number of aryl methyl sites for hydroxylation is 1. The van der Waals surface area contributed by atoms with E-state index in [0.717, 1.165) is 10.4 Å².